The highest BCUT2D eigenvalue weighted by atomic mass is 19.1. The number of carbonyl (C=O) groups excluding carboxylic acids is 2. The minimum absolute atomic E-state index is 0.0564. The van der Waals surface area contributed by atoms with Crippen LogP contribution in [0.15, 0.2) is 91.3 Å². The highest BCUT2D eigenvalue weighted by molar-refractivity contribution is 6.16. The summed E-state index contributed by atoms with van der Waals surface area (Å²) in [5.41, 5.74) is 16.0. The normalized spacial score (nSPS) is 19.9. The van der Waals surface area contributed by atoms with Gasteiger partial charge in [-0.1, -0.05) is 36.4 Å². The van der Waals surface area contributed by atoms with Gasteiger partial charge in [-0.3, -0.25) is 9.59 Å². The monoisotopic (exact) mass is 756 g/mol. The van der Waals surface area contributed by atoms with E-state index in [0.717, 1.165) is 0 Å². The van der Waals surface area contributed by atoms with Crippen LogP contribution < -0.4 is 21.7 Å². The highest BCUT2D eigenvalue weighted by Crippen LogP contribution is 2.37. The van der Waals surface area contributed by atoms with E-state index < -0.39 is 23.9 Å². The van der Waals surface area contributed by atoms with Crippen molar-refractivity contribution in [3.05, 3.63) is 114 Å². The molecular formula is C44H42F2N6O4. The molecule has 2 heterocycles. The van der Waals surface area contributed by atoms with Gasteiger partial charge in [-0.25, -0.2) is 18.7 Å². The van der Waals surface area contributed by atoms with Gasteiger partial charge in [0.2, 0.25) is 0 Å². The van der Waals surface area contributed by atoms with E-state index in [4.69, 9.17) is 11.5 Å². The molecule has 286 valence electrons. The zero-order chi connectivity index (χ0) is 39.1. The lowest BCUT2D eigenvalue weighted by atomic mass is 9.90. The summed E-state index contributed by atoms with van der Waals surface area (Å²) >= 11 is 0. The lowest BCUT2D eigenvalue weighted by molar-refractivity contribution is 0.0868. The number of anilines is 3. The van der Waals surface area contributed by atoms with Gasteiger partial charge in [-0.15, -0.1) is 0 Å². The summed E-state index contributed by atoms with van der Waals surface area (Å²) in [4.78, 5) is 38.5. The maximum Gasteiger partial charge on any atom is 0.260 e. The molecule has 56 heavy (non-hydrogen) atoms. The van der Waals surface area contributed by atoms with E-state index in [2.05, 4.69) is 15.3 Å². The molecule has 0 aliphatic heterocycles. The van der Waals surface area contributed by atoms with Crippen molar-refractivity contribution in [2.45, 2.75) is 75.7 Å². The number of aliphatic hydroxyl groups is 2. The molecule has 2 aliphatic carbocycles. The van der Waals surface area contributed by atoms with E-state index in [0.29, 0.717) is 106 Å². The molecule has 0 radical (unpaired) electrons. The SMILES string of the molecule is Nc1ncc(C(=O)NC2CCC(O)CC2)c2ccc(-c3cc(F)cc(N(C(=O)c4cnc(N)c5cc(-c6cccc(F)c6)ccc45)[C@@H]4CCC[C@@H](O)C4)c3)cc12. The number of pyridine rings is 2. The summed E-state index contributed by atoms with van der Waals surface area (Å²) in [6, 6.07) is 20.7. The molecule has 10 nitrogen and oxygen atoms in total. The number of aromatic nitrogens is 2. The summed E-state index contributed by atoms with van der Waals surface area (Å²) in [5, 5.41) is 25.8. The number of nitrogen functional groups attached to an aromatic ring is 2. The zero-order valence-corrected chi connectivity index (χ0v) is 30.6. The first-order valence-electron chi connectivity index (χ1n) is 19.0. The van der Waals surface area contributed by atoms with Crippen molar-refractivity contribution in [3.8, 4) is 22.3 Å². The number of benzene rings is 4. The largest absolute Gasteiger partial charge is 0.393 e. The Balaban J connectivity index is 1.17. The van der Waals surface area contributed by atoms with Gasteiger partial charge in [0.25, 0.3) is 11.8 Å². The molecule has 2 fully saturated rings. The number of nitrogens with two attached hydrogens (primary N) is 2. The van der Waals surface area contributed by atoms with Crippen LogP contribution >= 0.6 is 0 Å². The van der Waals surface area contributed by atoms with Gasteiger partial charge in [0.15, 0.2) is 0 Å². The summed E-state index contributed by atoms with van der Waals surface area (Å²) in [7, 11) is 0. The van der Waals surface area contributed by atoms with Crippen LogP contribution in [-0.4, -0.2) is 56.3 Å². The number of nitrogens with one attached hydrogen (secondary N) is 1. The van der Waals surface area contributed by atoms with E-state index in [1.54, 1.807) is 59.5 Å². The Hall–Kier alpha value is -5.98. The molecule has 0 spiro atoms. The first-order chi connectivity index (χ1) is 27.0. The molecule has 7 N–H and O–H groups in total. The molecule has 0 unspecified atom stereocenters. The van der Waals surface area contributed by atoms with Crippen molar-refractivity contribution in [3.63, 3.8) is 0 Å². The van der Waals surface area contributed by atoms with Gasteiger partial charge in [-0.05, 0) is 127 Å². The standard InChI is InChI=1S/C44H42F2N6O4/c45-28-4-1-3-24(15-28)25-7-14-36-38(18-25)42(48)50-23-40(36)44(56)52(31-5-2-6-34(54)21-31)32-17-27(16-29(46)20-32)26-8-13-35-37(19-26)41(47)49-22-39(35)43(55)51-30-9-11-33(53)12-10-30/h1,3-4,7-8,13-20,22-23,30-31,33-34,53-54H,2,5-6,9-12,21H2,(H2,47,49)(H2,48,50)(H,51,55)/t30?,31-,33?,34-/m1/s1. The quantitative estimate of drug-likeness (QED) is 0.111. The van der Waals surface area contributed by atoms with Crippen molar-refractivity contribution < 1.29 is 28.6 Å². The maximum absolute atomic E-state index is 15.8. The lowest BCUT2D eigenvalue weighted by Gasteiger charge is -2.36. The first kappa shape index (κ1) is 37.0. The van der Waals surface area contributed by atoms with Crippen LogP contribution in [0.3, 0.4) is 0 Å². The van der Waals surface area contributed by atoms with Crippen molar-refractivity contribution in [2.75, 3.05) is 16.4 Å². The maximum atomic E-state index is 15.8. The fourth-order valence-corrected chi connectivity index (χ4v) is 8.27. The second-order valence-electron chi connectivity index (χ2n) is 15.0. The number of rotatable bonds is 7. The van der Waals surface area contributed by atoms with E-state index in [-0.39, 0.29) is 41.1 Å². The van der Waals surface area contributed by atoms with Crippen LogP contribution in [0.5, 0.6) is 0 Å². The van der Waals surface area contributed by atoms with Crippen LogP contribution in [0, 0.1) is 11.6 Å². The predicted octanol–water partition coefficient (Wildman–Crippen LogP) is 7.54. The van der Waals surface area contributed by atoms with Crippen LogP contribution in [0.4, 0.5) is 26.1 Å². The molecule has 2 atom stereocenters. The Kier molecular flexibility index (Phi) is 10.1. The third kappa shape index (κ3) is 7.37. The molecule has 0 bridgehead atoms. The van der Waals surface area contributed by atoms with E-state index >= 15 is 4.39 Å². The molecule has 2 saturated carbocycles. The number of hydrogen-bond acceptors (Lipinski definition) is 8. The van der Waals surface area contributed by atoms with Crippen LogP contribution in [-0.2, 0) is 0 Å². The molecule has 2 aliphatic rings. The number of carbonyl (C=O) groups is 2. The summed E-state index contributed by atoms with van der Waals surface area (Å²) in [6.45, 7) is 0. The molecule has 6 aromatic rings. The Morgan fingerprint density at radius 1 is 0.661 bits per heavy atom. The number of fused-ring (bicyclic) bond motifs is 2. The Labute approximate surface area is 322 Å². The minimum atomic E-state index is -0.640. The Morgan fingerprint density at radius 2 is 1.29 bits per heavy atom. The van der Waals surface area contributed by atoms with E-state index in [9.17, 15) is 24.2 Å². The fourth-order valence-electron chi connectivity index (χ4n) is 8.27. The number of hydrogen-bond donors (Lipinski definition) is 5. The van der Waals surface area contributed by atoms with Crippen LogP contribution in [0.1, 0.15) is 72.1 Å². The molecule has 2 aromatic heterocycles. The average Bonchev–Trinajstić information content (AvgIpc) is 3.19. The van der Waals surface area contributed by atoms with E-state index in [1.807, 2.05) is 0 Å². The first-order valence-corrected chi connectivity index (χ1v) is 19.0. The van der Waals surface area contributed by atoms with Crippen molar-refractivity contribution in [1.29, 1.82) is 0 Å². The number of amides is 2. The van der Waals surface area contributed by atoms with Crippen molar-refractivity contribution in [1.82, 2.24) is 15.3 Å². The summed E-state index contributed by atoms with van der Waals surface area (Å²) < 4.78 is 29.9. The molecule has 2 amide bonds. The second-order valence-corrected chi connectivity index (χ2v) is 15.0. The predicted molar refractivity (Wildman–Crippen MR) is 214 cm³/mol. The van der Waals surface area contributed by atoms with Crippen LogP contribution in [0.2, 0.25) is 0 Å². The smallest absolute Gasteiger partial charge is 0.260 e. The number of nitrogens with zero attached hydrogens (tertiary/aromatic N) is 3. The Bertz CT molecular complexity index is 2490. The topological polar surface area (TPSA) is 168 Å². The minimum Gasteiger partial charge on any atom is -0.393 e. The molecule has 4 aromatic carbocycles. The Morgan fingerprint density at radius 3 is 1.96 bits per heavy atom. The van der Waals surface area contributed by atoms with E-state index in [1.165, 1.54) is 36.7 Å². The molecule has 8 rings (SSSR count). The third-order valence-electron chi connectivity index (χ3n) is 11.2. The number of aliphatic hydroxyl groups excluding tert-OH is 2. The fraction of sp³-hybridized carbons (Fsp3) is 0.273. The molecular weight excluding hydrogens is 715 g/mol. The van der Waals surface area contributed by atoms with Gasteiger partial charge in [0.1, 0.15) is 23.3 Å². The van der Waals surface area contributed by atoms with Gasteiger partial charge < -0.3 is 31.9 Å². The summed E-state index contributed by atoms with van der Waals surface area (Å²) in [5.74, 6) is -1.29. The van der Waals surface area contributed by atoms with Gasteiger partial charge >= 0.3 is 0 Å². The average molecular weight is 757 g/mol. The second kappa shape index (κ2) is 15.3. The zero-order valence-electron chi connectivity index (χ0n) is 30.6. The number of halogens is 2. The van der Waals surface area contributed by atoms with Gasteiger partial charge in [0.05, 0.1) is 23.3 Å². The summed E-state index contributed by atoms with van der Waals surface area (Å²) in [6.07, 6.45) is 6.65. The van der Waals surface area contributed by atoms with Crippen molar-refractivity contribution in [2.24, 2.45) is 0 Å². The van der Waals surface area contributed by atoms with Crippen LogP contribution in [0.25, 0.3) is 43.8 Å². The van der Waals surface area contributed by atoms with Gasteiger partial charge in [0, 0.05) is 40.9 Å². The highest BCUT2D eigenvalue weighted by Gasteiger charge is 2.33. The molecule has 12 heteroatoms. The van der Waals surface area contributed by atoms with Gasteiger partial charge in [-0.2, -0.15) is 0 Å². The third-order valence-corrected chi connectivity index (χ3v) is 11.2. The molecule has 0 saturated heterocycles. The lowest BCUT2D eigenvalue weighted by Crippen LogP contribution is -2.44. The van der Waals surface area contributed by atoms with Crippen molar-refractivity contribution >= 4 is 50.7 Å².